The molecule has 1 atom stereocenters. The van der Waals surface area contributed by atoms with E-state index >= 15 is 0 Å². The van der Waals surface area contributed by atoms with Crippen LogP contribution in [0, 0.1) is 19.7 Å². The van der Waals surface area contributed by atoms with E-state index in [4.69, 9.17) is 16.1 Å². The third kappa shape index (κ3) is 4.50. The van der Waals surface area contributed by atoms with E-state index in [-0.39, 0.29) is 39.6 Å². The van der Waals surface area contributed by atoms with E-state index < -0.39 is 11.7 Å². The summed E-state index contributed by atoms with van der Waals surface area (Å²) < 4.78 is 19.6. The summed E-state index contributed by atoms with van der Waals surface area (Å²) >= 11 is 6.17. The fourth-order valence-corrected chi connectivity index (χ4v) is 4.47. The number of halogens is 2. The highest BCUT2D eigenvalue weighted by molar-refractivity contribution is 6.33. The second-order valence-corrected chi connectivity index (χ2v) is 8.79. The summed E-state index contributed by atoms with van der Waals surface area (Å²) in [4.78, 5) is 28.0. The molecule has 1 saturated heterocycles. The van der Waals surface area contributed by atoms with Crippen molar-refractivity contribution in [2.24, 2.45) is 0 Å². The number of aromatic nitrogens is 1. The monoisotopic (exact) mass is 469 g/mol. The third-order valence-corrected chi connectivity index (χ3v) is 6.39. The standard InChI is InChI=1S/C25H25ClFN3O3/c1-14-13-17(25(32)30-12-5-4-7-15(30)2)10-11-20(14)28-24(31)21-16(3)33-29-23(21)22-18(26)8-6-9-19(22)27/h6,8-11,13,15H,4-5,7,12H2,1-3H3,(H,28,31). The Morgan fingerprint density at radius 3 is 2.70 bits per heavy atom. The zero-order valence-corrected chi connectivity index (χ0v) is 19.5. The van der Waals surface area contributed by atoms with E-state index in [1.807, 2.05) is 11.8 Å². The van der Waals surface area contributed by atoms with Crippen molar-refractivity contribution in [1.29, 1.82) is 0 Å². The Labute approximate surface area is 196 Å². The van der Waals surface area contributed by atoms with Crippen LogP contribution in [0.1, 0.15) is 58.2 Å². The number of anilines is 1. The highest BCUT2D eigenvalue weighted by atomic mass is 35.5. The zero-order valence-electron chi connectivity index (χ0n) is 18.7. The summed E-state index contributed by atoms with van der Waals surface area (Å²) in [7, 11) is 0. The van der Waals surface area contributed by atoms with Crippen molar-refractivity contribution < 1.29 is 18.5 Å². The average Bonchev–Trinajstić information content (AvgIpc) is 3.16. The topological polar surface area (TPSA) is 75.4 Å². The minimum absolute atomic E-state index is 0.00506. The number of carbonyl (C=O) groups excluding carboxylic acids is 2. The first kappa shape index (κ1) is 23.0. The second kappa shape index (κ2) is 9.35. The summed E-state index contributed by atoms with van der Waals surface area (Å²) in [5.74, 6) is -0.870. The number of likely N-dealkylation sites (tertiary alicyclic amines) is 1. The number of hydrogen-bond acceptors (Lipinski definition) is 4. The van der Waals surface area contributed by atoms with Gasteiger partial charge in [-0.1, -0.05) is 22.8 Å². The van der Waals surface area contributed by atoms with Crippen LogP contribution in [0.3, 0.4) is 0 Å². The molecule has 33 heavy (non-hydrogen) atoms. The molecule has 2 heterocycles. The number of piperidine rings is 1. The van der Waals surface area contributed by atoms with Crippen molar-refractivity contribution >= 4 is 29.1 Å². The van der Waals surface area contributed by atoms with Gasteiger partial charge in [-0.3, -0.25) is 9.59 Å². The lowest BCUT2D eigenvalue weighted by Gasteiger charge is -2.33. The van der Waals surface area contributed by atoms with Gasteiger partial charge in [0.2, 0.25) is 0 Å². The van der Waals surface area contributed by atoms with Crippen molar-refractivity contribution in [3.05, 3.63) is 69.7 Å². The molecular weight excluding hydrogens is 445 g/mol. The molecule has 0 bridgehead atoms. The van der Waals surface area contributed by atoms with Gasteiger partial charge in [0.15, 0.2) is 0 Å². The van der Waals surface area contributed by atoms with E-state index in [0.717, 1.165) is 31.4 Å². The fourth-order valence-electron chi connectivity index (χ4n) is 4.22. The van der Waals surface area contributed by atoms with Crippen LogP contribution in [0.15, 0.2) is 40.9 Å². The maximum atomic E-state index is 14.4. The summed E-state index contributed by atoms with van der Waals surface area (Å²) in [5, 5.41) is 6.83. The van der Waals surface area contributed by atoms with Crippen LogP contribution >= 0.6 is 11.6 Å². The van der Waals surface area contributed by atoms with Gasteiger partial charge in [-0.15, -0.1) is 0 Å². The molecule has 0 spiro atoms. The molecule has 4 rings (SSSR count). The Morgan fingerprint density at radius 1 is 1.21 bits per heavy atom. The smallest absolute Gasteiger partial charge is 0.261 e. The molecule has 0 radical (unpaired) electrons. The lowest BCUT2D eigenvalue weighted by Crippen LogP contribution is -2.42. The maximum Gasteiger partial charge on any atom is 0.261 e. The number of rotatable bonds is 4. The lowest BCUT2D eigenvalue weighted by atomic mass is 10.0. The molecule has 1 aliphatic rings. The molecule has 1 N–H and O–H groups in total. The molecule has 2 aromatic carbocycles. The van der Waals surface area contributed by atoms with E-state index in [9.17, 15) is 14.0 Å². The van der Waals surface area contributed by atoms with Crippen molar-refractivity contribution in [1.82, 2.24) is 10.1 Å². The Morgan fingerprint density at radius 2 is 2.00 bits per heavy atom. The predicted molar refractivity (Wildman–Crippen MR) is 125 cm³/mol. The van der Waals surface area contributed by atoms with Crippen LogP contribution in [-0.2, 0) is 0 Å². The predicted octanol–water partition coefficient (Wildman–Crippen LogP) is 6.02. The SMILES string of the molecule is Cc1cc(C(=O)N2CCCCC2C)ccc1NC(=O)c1c(-c2c(F)cccc2Cl)noc1C. The molecule has 172 valence electrons. The molecule has 0 aliphatic carbocycles. The van der Waals surface area contributed by atoms with Gasteiger partial charge in [0.05, 0.1) is 10.6 Å². The summed E-state index contributed by atoms with van der Waals surface area (Å²) in [6, 6.07) is 9.64. The number of amides is 2. The van der Waals surface area contributed by atoms with Gasteiger partial charge in [0, 0.05) is 23.8 Å². The highest BCUT2D eigenvalue weighted by Gasteiger charge is 2.27. The molecule has 1 aromatic heterocycles. The first-order chi connectivity index (χ1) is 15.8. The van der Waals surface area contributed by atoms with Gasteiger partial charge >= 0.3 is 0 Å². The molecule has 1 aliphatic heterocycles. The van der Waals surface area contributed by atoms with Gasteiger partial charge in [-0.2, -0.15) is 0 Å². The summed E-state index contributed by atoms with van der Waals surface area (Å²) in [6.45, 7) is 6.22. The Balaban J connectivity index is 1.59. The quantitative estimate of drug-likeness (QED) is 0.507. The van der Waals surface area contributed by atoms with E-state index in [0.29, 0.717) is 11.3 Å². The van der Waals surface area contributed by atoms with Crippen LogP contribution < -0.4 is 5.32 Å². The number of hydrogen-bond donors (Lipinski definition) is 1. The number of benzene rings is 2. The van der Waals surface area contributed by atoms with Crippen LogP contribution in [0.4, 0.5) is 10.1 Å². The van der Waals surface area contributed by atoms with Gasteiger partial charge in [0.25, 0.3) is 11.8 Å². The second-order valence-electron chi connectivity index (χ2n) is 8.39. The van der Waals surface area contributed by atoms with Crippen LogP contribution in [0.2, 0.25) is 5.02 Å². The Kier molecular flexibility index (Phi) is 6.51. The summed E-state index contributed by atoms with van der Waals surface area (Å²) in [6.07, 6.45) is 3.15. The van der Waals surface area contributed by atoms with Gasteiger partial charge < -0.3 is 14.7 Å². The highest BCUT2D eigenvalue weighted by Crippen LogP contribution is 2.34. The van der Waals surface area contributed by atoms with E-state index in [1.165, 1.54) is 18.2 Å². The molecule has 1 unspecified atom stereocenters. The molecular formula is C25H25ClFN3O3. The lowest BCUT2D eigenvalue weighted by molar-refractivity contribution is 0.0635. The molecule has 8 heteroatoms. The number of nitrogens with one attached hydrogen (secondary N) is 1. The maximum absolute atomic E-state index is 14.4. The normalized spacial score (nSPS) is 16.0. The van der Waals surface area contributed by atoms with E-state index in [1.54, 1.807) is 25.1 Å². The number of nitrogens with zero attached hydrogens (tertiary/aromatic N) is 2. The Bertz CT molecular complexity index is 1200. The van der Waals surface area contributed by atoms with Crippen LogP contribution in [0.5, 0.6) is 0 Å². The van der Waals surface area contributed by atoms with Gasteiger partial charge in [-0.25, -0.2) is 4.39 Å². The Hall–Kier alpha value is -3.19. The van der Waals surface area contributed by atoms with Crippen molar-refractivity contribution in [2.75, 3.05) is 11.9 Å². The first-order valence-corrected chi connectivity index (χ1v) is 11.3. The molecule has 1 fully saturated rings. The van der Waals surface area contributed by atoms with Crippen molar-refractivity contribution in [3.63, 3.8) is 0 Å². The largest absolute Gasteiger partial charge is 0.360 e. The van der Waals surface area contributed by atoms with Crippen molar-refractivity contribution in [2.45, 2.75) is 46.1 Å². The molecule has 6 nitrogen and oxygen atoms in total. The number of aryl methyl sites for hydroxylation is 2. The fraction of sp³-hybridized carbons (Fsp3) is 0.320. The van der Waals surface area contributed by atoms with Gasteiger partial charge in [-0.05, 0) is 75.9 Å². The van der Waals surface area contributed by atoms with Crippen LogP contribution in [-0.4, -0.2) is 34.5 Å². The minimum Gasteiger partial charge on any atom is -0.360 e. The minimum atomic E-state index is -0.601. The molecule has 2 amide bonds. The molecule has 3 aromatic rings. The number of carbonyl (C=O) groups is 2. The molecule has 0 saturated carbocycles. The zero-order chi connectivity index (χ0) is 23.7. The summed E-state index contributed by atoms with van der Waals surface area (Å²) in [5.41, 5.74) is 2.00. The third-order valence-electron chi connectivity index (χ3n) is 6.07. The van der Waals surface area contributed by atoms with Gasteiger partial charge in [0.1, 0.15) is 22.8 Å². The van der Waals surface area contributed by atoms with E-state index in [2.05, 4.69) is 17.4 Å². The van der Waals surface area contributed by atoms with Crippen molar-refractivity contribution in [3.8, 4) is 11.3 Å². The van der Waals surface area contributed by atoms with Crippen LogP contribution in [0.25, 0.3) is 11.3 Å². The first-order valence-electron chi connectivity index (χ1n) is 10.9. The average molecular weight is 470 g/mol.